The molecule has 0 aliphatic rings. The van der Waals surface area contributed by atoms with E-state index in [1.165, 1.54) is 0 Å². The van der Waals surface area contributed by atoms with E-state index in [0.717, 1.165) is 6.08 Å². The van der Waals surface area contributed by atoms with Crippen molar-refractivity contribution in [1.29, 1.82) is 0 Å². The molecule has 2 nitrogen and oxygen atoms in total. The molecule has 0 aliphatic heterocycles. The van der Waals surface area contributed by atoms with E-state index in [4.69, 9.17) is 0 Å². The molecule has 0 aromatic heterocycles. The number of rotatable bonds is 7. The maximum atomic E-state index is 13.3. The highest BCUT2D eigenvalue weighted by Gasteiger charge is 2.78. The van der Waals surface area contributed by atoms with Crippen molar-refractivity contribution in [2.45, 2.75) is 30.2 Å². The largest absolute Gasteiger partial charge is 0.462 e. The van der Waals surface area contributed by atoms with Crippen LogP contribution >= 0.6 is 0 Å². The van der Waals surface area contributed by atoms with Gasteiger partial charge in [-0.15, -0.1) is 6.58 Å². The van der Waals surface area contributed by atoms with E-state index in [2.05, 4.69) is 16.1 Å². The van der Waals surface area contributed by atoms with Crippen LogP contribution < -0.4 is 0 Å². The first-order valence-corrected chi connectivity index (χ1v) is 4.98. The quantitative estimate of drug-likeness (QED) is 0.386. The second-order valence-corrected chi connectivity index (χ2v) is 3.72. The SMILES string of the molecule is C=CCOC[C@@](F)(OC(F)(F)C(F)(F)C(F)(F)F)C(F)(F)F. The van der Waals surface area contributed by atoms with Crippen LogP contribution in [0.15, 0.2) is 12.7 Å². The lowest BCUT2D eigenvalue weighted by atomic mass is 10.2. The minimum Gasteiger partial charge on any atom is -0.371 e. The summed E-state index contributed by atoms with van der Waals surface area (Å²) in [7, 11) is 0. The van der Waals surface area contributed by atoms with Crippen LogP contribution in [0, 0.1) is 0 Å². The van der Waals surface area contributed by atoms with Gasteiger partial charge in [-0.05, 0) is 0 Å². The average molecular weight is 356 g/mol. The van der Waals surface area contributed by atoms with Gasteiger partial charge in [0.2, 0.25) is 0 Å². The molecule has 0 aromatic carbocycles. The van der Waals surface area contributed by atoms with Crippen LogP contribution in [-0.2, 0) is 9.47 Å². The average Bonchev–Trinajstić information content (AvgIpc) is 2.25. The highest BCUT2D eigenvalue weighted by atomic mass is 19.4. The van der Waals surface area contributed by atoms with Crippen molar-refractivity contribution in [3.05, 3.63) is 12.7 Å². The normalized spacial score (nSPS) is 17.2. The number of ether oxygens (including phenoxy) is 2. The van der Waals surface area contributed by atoms with Crippen LogP contribution in [0.1, 0.15) is 0 Å². The van der Waals surface area contributed by atoms with E-state index in [9.17, 15) is 48.3 Å². The maximum Gasteiger partial charge on any atom is 0.462 e. The van der Waals surface area contributed by atoms with Crippen molar-refractivity contribution < 1.29 is 57.8 Å². The molecule has 22 heavy (non-hydrogen) atoms. The summed E-state index contributed by atoms with van der Waals surface area (Å²) in [6.45, 7) is -0.349. The fourth-order valence-corrected chi connectivity index (χ4v) is 0.875. The number of alkyl halides is 11. The van der Waals surface area contributed by atoms with E-state index >= 15 is 0 Å². The molecule has 0 saturated heterocycles. The molecule has 1 atom stereocenters. The Bertz CT molecular complexity index is 386. The minimum absolute atomic E-state index is 0.735. The molecule has 0 spiro atoms. The first-order valence-electron chi connectivity index (χ1n) is 4.98. The topological polar surface area (TPSA) is 18.5 Å². The Labute approximate surface area is 115 Å². The van der Waals surface area contributed by atoms with Gasteiger partial charge in [-0.1, -0.05) is 6.08 Å². The second-order valence-electron chi connectivity index (χ2n) is 3.72. The van der Waals surface area contributed by atoms with Gasteiger partial charge in [0, 0.05) is 0 Å². The molecule has 0 unspecified atom stereocenters. The maximum absolute atomic E-state index is 13.3. The van der Waals surface area contributed by atoms with Gasteiger partial charge in [0.25, 0.3) is 0 Å². The highest BCUT2D eigenvalue weighted by Crippen LogP contribution is 2.50. The molecular weight excluding hydrogens is 349 g/mol. The minimum atomic E-state index is -7.07. The third-order valence-corrected chi connectivity index (χ3v) is 1.96. The summed E-state index contributed by atoms with van der Waals surface area (Å²) in [6, 6.07) is 0. The summed E-state index contributed by atoms with van der Waals surface area (Å²) in [5, 5.41) is 0. The Kier molecular flexibility index (Phi) is 5.87. The lowest BCUT2D eigenvalue weighted by Crippen LogP contribution is -2.60. The van der Waals surface area contributed by atoms with Gasteiger partial charge in [-0.3, -0.25) is 4.74 Å². The van der Waals surface area contributed by atoms with Crippen LogP contribution in [0.25, 0.3) is 0 Å². The highest BCUT2D eigenvalue weighted by molar-refractivity contribution is 4.89. The Morgan fingerprint density at radius 2 is 1.23 bits per heavy atom. The molecule has 0 aromatic rings. The van der Waals surface area contributed by atoms with Crippen LogP contribution in [-0.4, -0.2) is 43.5 Å². The van der Waals surface area contributed by atoms with Gasteiger partial charge >= 0.3 is 30.2 Å². The van der Waals surface area contributed by atoms with Gasteiger partial charge in [-0.25, -0.2) is 0 Å². The zero-order valence-electron chi connectivity index (χ0n) is 10.2. The van der Waals surface area contributed by atoms with Crippen molar-refractivity contribution in [3.8, 4) is 0 Å². The summed E-state index contributed by atoms with van der Waals surface area (Å²) in [5.74, 6) is -12.7. The smallest absolute Gasteiger partial charge is 0.371 e. The number of hydrogen-bond donors (Lipinski definition) is 0. The van der Waals surface area contributed by atoms with Gasteiger partial charge in [-0.2, -0.15) is 48.3 Å². The van der Waals surface area contributed by atoms with E-state index in [0.29, 0.717) is 0 Å². The molecule has 0 bridgehead atoms. The van der Waals surface area contributed by atoms with Crippen molar-refractivity contribution in [1.82, 2.24) is 0 Å². The predicted octanol–water partition coefficient (Wildman–Crippen LogP) is 4.22. The Balaban J connectivity index is 5.51. The van der Waals surface area contributed by atoms with Gasteiger partial charge in [0.1, 0.15) is 6.61 Å². The standard InChI is InChI=1S/C9H7F11O2/c1-2-3-21-4-5(10,7(13,14)15)22-9(19,20)6(11,12)8(16,17)18/h2H,1,3-4H2/t5-/m1/s1. The van der Waals surface area contributed by atoms with Gasteiger partial charge in [0.15, 0.2) is 0 Å². The molecule has 0 radical (unpaired) electrons. The Morgan fingerprint density at radius 3 is 1.55 bits per heavy atom. The number of hydrogen-bond acceptors (Lipinski definition) is 2. The molecule has 13 heteroatoms. The first kappa shape index (κ1) is 20.9. The van der Waals surface area contributed by atoms with Crippen molar-refractivity contribution in [3.63, 3.8) is 0 Å². The van der Waals surface area contributed by atoms with Gasteiger partial charge in [0.05, 0.1) is 6.61 Å². The predicted molar refractivity (Wildman–Crippen MR) is 47.9 cm³/mol. The fourth-order valence-electron chi connectivity index (χ4n) is 0.875. The molecule has 0 N–H and O–H groups in total. The lowest BCUT2D eigenvalue weighted by Gasteiger charge is -2.34. The second kappa shape index (κ2) is 6.18. The molecule has 0 heterocycles. The van der Waals surface area contributed by atoms with Crippen molar-refractivity contribution >= 4 is 0 Å². The third kappa shape index (κ3) is 4.21. The van der Waals surface area contributed by atoms with Crippen LogP contribution in [0.4, 0.5) is 48.3 Å². The lowest BCUT2D eigenvalue weighted by molar-refractivity contribution is -0.486. The summed E-state index contributed by atoms with van der Waals surface area (Å²) >= 11 is 0. The number of halogens is 11. The Hall–Kier alpha value is -1.11. The zero-order chi connectivity index (χ0) is 18.0. The fraction of sp³-hybridized carbons (Fsp3) is 0.778. The monoisotopic (exact) mass is 356 g/mol. The summed E-state index contributed by atoms with van der Waals surface area (Å²) < 4.78 is 142. The third-order valence-electron chi connectivity index (χ3n) is 1.96. The van der Waals surface area contributed by atoms with E-state index < -0.39 is 43.5 Å². The van der Waals surface area contributed by atoms with Crippen molar-refractivity contribution in [2.24, 2.45) is 0 Å². The first-order chi connectivity index (χ1) is 9.52. The Morgan fingerprint density at radius 1 is 0.773 bits per heavy atom. The summed E-state index contributed by atoms with van der Waals surface area (Å²) in [4.78, 5) is 0. The van der Waals surface area contributed by atoms with Crippen molar-refractivity contribution in [2.75, 3.05) is 13.2 Å². The van der Waals surface area contributed by atoms with E-state index in [1.807, 2.05) is 0 Å². The summed E-state index contributed by atoms with van der Waals surface area (Å²) in [6.07, 6.45) is -19.5. The van der Waals surface area contributed by atoms with Crippen LogP contribution in [0.3, 0.4) is 0 Å². The molecular formula is C9H7F11O2. The zero-order valence-corrected chi connectivity index (χ0v) is 10.2. The van der Waals surface area contributed by atoms with E-state index in [1.54, 1.807) is 0 Å². The van der Waals surface area contributed by atoms with Gasteiger partial charge < -0.3 is 4.74 Å². The molecule has 0 amide bonds. The molecule has 0 aliphatic carbocycles. The van der Waals surface area contributed by atoms with Crippen LogP contribution in [0.2, 0.25) is 0 Å². The molecule has 132 valence electrons. The molecule has 0 rings (SSSR count). The van der Waals surface area contributed by atoms with Crippen LogP contribution in [0.5, 0.6) is 0 Å². The molecule has 0 saturated carbocycles. The van der Waals surface area contributed by atoms with E-state index in [-0.39, 0.29) is 0 Å². The molecule has 0 fully saturated rings. The summed E-state index contributed by atoms with van der Waals surface area (Å²) in [5.41, 5.74) is 0.